The maximum Gasteiger partial charge on any atom is 0.249 e. The molecular weight excluding hydrogens is 512 g/mol. The lowest BCUT2D eigenvalue weighted by molar-refractivity contribution is -0.125. The van der Waals surface area contributed by atoms with Gasteiger partial charge >= 0.3 is 0 Å². The van der Waals surface area contributed by atoms with E-state index in [1.807, 2.05) is 10.8 Å². The van der Waals surface area contributed by atoms with Gasteiger partial charge in [-0.2, -0.15) is 0 Å². The van der Waals surface area contributed by atoms with Crippen molar-refractivity contribution in [3.63, 3.8) is 0 Å². The molecule has 0 bridgehead atoms. The van der Waals surface area contributed by atoms with Crippen molar-refractivity contribution >= 4 is 44.8 Å². The van der Waals surface area contributed by atoms with Crippen molar-refractivity contribution in [3.8, 4) is 22.5 Å². The van der Waals surface area contributed by atoms with Gasteiger partial charge in [0.25, 0.3) is 0 Å². The van der Waals surface area contributed by atoms with Crippen LogP contribution in [0.3, 0.4) is 0 Å². The van der Waals surface area contributed by atoms with Gasteiger partial charge in [0.05, 0.1) is 11.4 Å². The molecule has 3 heterocycles. The minimum absolute atomic E-state index is 0.0444. The summed E-state index contributed by atoms with van der Waals surface area (Å²) in [6, 6.07) is 16.8. The number of anilines is 2. The molecule has 6 nitrogen and oxygen atoms in total. The summed E-state index contributed by atoms with van der Waals surface area (Å²) in [4.78, 5) is 38.6. The van der Waals surface area contributed by atoms with Crippen molar-refractivity contribution < 1.29 is 9.59 Å². The summed E-state index contributed by atoms with van der Waals surface area (Å²) in [7, 11) is 0. The van der Waals surface area contributed by atoms with Crippen molar-refractivity contribution in [1.29, 1.82) is 0 Å². The number of rotatable bonds is 8. The summed E-state index contributed by atoms with van der Waals surface area (Å²) in [6.07, 6.45) is 2.19. The molecule has 0 spiro atoms. The molecule has 0 N–H and O–H groups in total. The van der Waals surface area contributed by atoms with E-state index in [2.05, 4.69) is 76.2 Å². The normalized spacial score (nSPS) is 15.7. The van der Waals surface area contributed by atoms with Gasteiger partial charge in [0.1, 0.15) is 13.1 Å². The smallest absolute Gasteiger partial charge is 0.249 e. The fourth-order valence-corrected chi connectivity index (χ4v) is 6.15. The largest absolute Gasteiger partial charge is 0.277 e. The Labute approximate surface area is 232 Å². The predicted octanol–water partition coefficient (Wildman–Crippen LogP) is 7.34. The number of amides is 2. The van der Waals surface area contributed by atoms with E-state index in [9.17, 15) is 9.59 Å². The third-order valence-corrected chi connectivity index (χ3v) is 9.14. The number of hydrogen-bond donors (Lipinski definition) is 0. The Bertz CT molecular complexity index is 1320. The van der Waals surface area contributed by atoms with Crippen LogP contribution < -0.4 is 9.80 Å². The average Bonchev–Trinajstić information content (AvgIpc) is 3.64. The van der Waals surface area contributed by atoms with E-state index in [4.69, 9.17) is 9.97 Å². The molecule has 196 valence electrons. The quantitative estimate of drug-likeness (QED) is 0.233. The fraction of sp³-hybridized carbons (Fsp3) is 0.333. The highest BCUT2D eigenvalue weighted by Crippen LogP contribution is 2.33. The van der Waals surface area contributed by atoms with Gasteiger partial charge in [-0.3, -0.25) is 19.4 Å². The Morgan fingerprint density at radius 3 is 1.39 bits per heavy atom. The van der Waals surface area contributed by atoms with Gasteiger partial charge in [-0.05, 0) is 35.8 Å². The van der Waals surface area contributed by atoms with Crippen LogP contribution in [0.4, 0.5) is 10.3 Å². The molecule has 38 heavy (non-hydrogen) atoms. The zero-order chi connectivity index (χ0) is 26.8. The Morgan fingerprint density at radius 2 is 1.05 bits per heavy atom. The molecule has 0 saturated carbocycles. The van der Waals surface area contributed by atoms with Crippen LogP contribution in [-0.2, 0) is 9.59 Å². The van der Waals surface area contributed by atoms with Gasteiger partial charge in [-0.1, -0.05) is 76.2 Å². The second-order valence-electron chi connectivity index (χ2n) is 9.85. The molecule has 2 aromatic heterocycles. The van der Waals surface area contributed by atoms with E-state index >= 15 is 0 Å². The van der Waals surface area contributed by atoms with Gasteiger partial charge in [0.15, 0.2) is 10.3 Å². The van der Waals surface area contributed by atoms with Gasteiger partial charge in [0.2, 0.25) is 11.8 Å². The van der Waals surface area contributed by atoms with E-state index in [0.717, 1.165) is 35.4 Å². The number of piperazine rings is 1. The molecule has 2 amide bonds. The number of carbonyl (C=O) groups excluding carboxylic acids is 2. The second-order valence-corrected chi connectivity index (χ2v) is 11.5. The highest BCUT2D eigenvalue weighted by atomic mass is 32.1. The van der Waals surface area contributed by atoms with Gasteiger partial charge in [0, 0.05) is 21.9 Å². The monoisotopic (exact) mass is 544 g/mol. The first-order chi connectivity index (χ1) is 18.4. The molecule has 0 unspecified atom stereocenters. The Hall–Kier alpha value is -3.36. The molecule has 5 rings (SSSR count). The number of aromatic nitrogens is 2. The van der Waals surface area contributed by atoms with Gasteiger partial charge < -0.3 is 0 Å². The second kappa shape index (κ2) is 11.2. The molecular formula is C30H32N4O2S2. The molecule has 8 heteroatoms. The van der Waals surface area contributed by atoms with Crippen LogP contribution in [0.1, 0.15) is 63.5 Å². The Kier molecular flexibility index (Phi) is 7.72. The molecule has 4 aromatic rings. The van der Waals surface area contributed by atoms with Gasteiger partial charge in [-0.15, -0.1) is 22.7 Å². The molecule has 0 aliphatic carbocycles. The Morgan fingerprint density at radius 1 is 0.684 bits per heavy atom. The van der Waals surface area contributed by atoms with E-state index in [-0.39, 0.29) is 24.9 Å². The average molecular weight is 545 g/mol. The topological polar surface area (TPSA) is 66.4 Å². The molecule has 1 fully saturated rings. The first kappa shape index (κ1) is 26.3. The van der Waals surface area contributed by atoms with Crippen molar-refractivity contribution in [2.24, 2.45) is 0 Å². The van der Waals surface area contributed by atoms with Crippen LogP contribution in [0.5, 0.6) is 0 Å². The molecule has 0 radical (unpaired) electrons. The lowest BCUT2D eigenvalue weighted by Crippen LogP contribution is -2.54. The maximum atomic E-state index is 13.1. The number of thiazole rings is 2. The molecule has 2 atom stereocenters. The van der Waals surface area contributed by atoms with E-state index in [1.165, 1.54) is 43.6 Å². The lowest BCUT2D eigenvalue weighted by Gasteiger charge is -2.30. The summed E-state index contributed by atoms with van der Waals surface area (Å²) >= 11 is 2.77. The molecule has 1 saturated heterocycles. The van der Waals surface area contributed by atoms with Crippen molar-refractivity contribution in [2.45, 2.75) is 52.4 Å². The summed E-state index contributed by atoms with van der Waals surface area (Å²) in [6.45, 7) is 8.71. The van der Waals surface area contributed by atoms with E-state index in [0.29, 0.717) is 22.1 Å². The molecule has 1 aliphatic rings. The third kappa shape index (κ3) is 5.28. The molecule has 2 aromatic carbocycles. The van der Waals surface area contributed by atoms with Crippen LogP contribution in [0.15, 0.2) is 59.3 Å². The van der Waals surface area contributed by atoms with Crippen LogP contribution in [0, 0.1) is 0 Å². The van der Waals surface area contributed by atoms with Crippen LogP contribution >= 0.6 is 22.7 Å². The number of hydrogen-bond acceptors (Lipinski definition) is 6. The lowest BCUT2D eigenvalue weighted by atomic mass is 9.97. The first-order valence-electron chi connectivity index (χ1n) is 13.1. The summed E-state index contributed by atoms with van der Waals surface area (Å²) in [5.41, 5.74) is 6.24. The zero-order valence-corrected chi connectivity index (χ0v) is 23.8. The highest BCUT2D eigenvalue weighted by molar-refractivity contribution is 7.14. The van der Waals surface area contributed by atoms with E-state index in [1.54, 1.807) is 0 Å². The SMILES string of the molecule is CC[C@H](C)c1ccc(-c2csc(N3CC(=O)N(c4nc(-c5ccc([C@@H](C)CC)cc5)cs4)CC3=O)n2)cc1. The first-order valence-corrected chi connectivity index (χ1v) is 14.9. The maximum absolute atomic E-state index is 13.1. The number of benzene rings is 2. The summed E-state index contributed by atoms with van der Waals surface area (Å²) in [5, 5.41) is 4.98. The standard InChI is InChI=1S/C30H32N4O2S2/c1-5-19(3)21-7-11-23(12-8-21)25-17-37-29(31-25)33-15-28(36)34(16-27(33)35)30-32-26(18-38-30)24-13-9-22(10-14-24)20(4)6-2/h7-14,17-20H,5-6,15-16H2,1-4H3/t19-,20-/m0/s1. The minimum Gasteiger partial charge on any atom is -0.277 e. The fourth-order valence-electron chi connectivity index (χ4n) is 4.44. The zero-order valence-electron chi connectivity index (χ0n) is 22.2. The van der Waals surface area contributed by atoms with Crippen LogP contribution in [0.25, 0.3) is 22.5 Å². The number of nitrogens with zero attached hydrogens (tertiary/aromatic N) is 4. The number of carbonyl (C=O) groups is 2. The third-order valence-electron chi connectivity index (χ3n) is 7.41. The Balaban J connectivity index is 1.28. The summed E-state index contributed by atoms with van der Waals surface area (Å²) < 4.78 is 0. The predicted molar refractivity (Wildman–Crippen MR) is 157 cm³/mol. The minimum atomic E-state index is -0.160. The summed E-state index contributed by atoms with van der Waals surface area (Å²) in [5.74, 6) is 0.706. The van der Waals surface area contributed by atoms with Gasteiger partial charge in [-0.25, -0.2) is 9.97 Å². The van der Waals surface area contributed by atoms with Crippen molar-refractivity contribution in [1.82, 2.24) is 9.97 Å². The van der Waals surface area contributed by atoms with E-state index < -0.39 is 0 Å². The highest BCUT2D eigenvalue weighted by Gasteiger charge is 2.34. The molecule has 1 aliphatic heterocycles. The van der Waals surface area contributed by atoms with Crippen LogP contribution in [0.2, 0.25) is 0 Å². The van der Waals surface area contributed by atoms with Crippen LogP contribution in [-0.4, -0.2) is 34.9 Å². The van der Waals surface area contributed by atoms with Crippen molar-refractivity contribution in [3.05, 3.63) is 70.4 Å². The van der Waals surface area contributed by atoms with Crippen molar-refractivity contribution in [2.75, 3.05) is 22.9 Å².